The highest BCUT2D eigenvalue weighted by atomic mass is 35.5. The number of alkyl halides is 2. The van der Waals surface area contributed by atoms with Crippen LogP contribution in [0, 0.1) is 0 Å². The SMILES string of the molecule is FC(F)COCc1nn(C2CCCC2)cc1Cl. The molecule has 0 spiro atoms. The van der Waals surface area contributed by atoms with Gasteiger partial charge in [0.1, 0.15) is 12.3 Å². The summed E-state index contributed by atoms with van der Waals surface area (Å²) in [5.41, 5.74) is 0.541. The Labute approximate surface area is 104 Å². The van der Waals surface area contributed by atoms with E-state index < -0.39 is 13.0 Å². The average molecular weight is 265 g/mol. The van der Waals surface area contributed by atoms with Crippen LogP contribution in [0.2, 0.25) is 5.02 Å². The minimum absolute atomic E-state index is 0.0445. The minimum atomic E-state index is -2.45. The highest BCUT2D eigenvalue weighted by Crippen LogP contribution is 2.30. The fraction of sp³-hybridized carbons (Fsp3) is 0.727. The number of aromatic nitrogens is 2. The zero-order valence-electron chi connectivity index (χ0n) is 9.41. The minimum Gasteiger partial charge on any atom is -0.369 e. The van der Waals surface area contributed by atoms with Crippen LogP contribution in [-0.4, -0.2) is 22.8 Å². The van der Waals surface area contributed by atoms with E-state index in [1.54, 1.807) is 6.20 Å². The number of halogens is 3. The summed E-state index contributed by atoms with van der Waals surface area (Å²) in [6, 6.07) is 0.399. The van der Waals surface area contributed by atoms with Gasteiger partial charge in [-0.25, -0.2) is 8.78 Å². The standard InChI is InChI=1S/C11H15ClF2N2O/c12-9-5-16(8-3-1-2-4-8)15-10(9)6-17-7-11(13)14/h5,8,11H,1-4,6-7H2. The van der Waals surface area contributed by atoms with Crippen LogP contribution in [0.4, 0.5) is 8.78 Å². The van der Waals surface area contributed by atoms with Crippen LogP contribution >= 0.6 is 11.6 Å². The van der Waals surface area contributed by atoms with Gasteiger partial charge in [0, 0.05) is 6.20 Å². The molecule has 96 valence electrons. The molecule has 0 unspecified atom stereocenters. The molecule has 0 saturated heterocycles. The van der Waals surface area contributed by atoms with Crippen LogP contribution in [-0.2, 0) is 11.3 Å². The maximum absolute atomic E-state index is 11.9. The van der Waals surface area contributed by atoms with Gasteiger partial charge in [-0.15, -0.1) is 0 Å². The third kappa shape index (κ3) is 3.39. The molecule has 1 aliphatic rings. The molecule has 1 aromatic heterocycles. The van der Waals surface area contributed by atoms with Crippen molar-refractivity contribution in [1.29, 1.82) is 0 Å². The van der Waals surface area contributed by atoms with Gasteiger partial charge in [0.05, 0.1) is 17.7 Å². The Hall–Kier alpha value is -0.680. The van der Waals surface area contributed by atoms with Crippen molar-refractivity contribution in [3.05, 3.63) is 16.9 Å². The van der Waals surface area contributed by atoms with Crippen LogP contribution in [0.25, 0.3) is 0 Å². The molecule has 3 nitrogen and oxygen atoms in total. The summed E-state index contributed by atoms with van der Waals surface area (Å²) in [7, 11) is 0. The lowest BCUT2D eigenvalue weighted by Gasteiger charge is -2.08. The number of hydrogen-bond donors (Lipinski definition) is 0. The highest BCUT2D eigenvalue weighted by Gasteiger charge is 2.19. The van der Waals surface area contributed by atoms with E-state index in [4.69, 9.17) is 16.3 Å². The number of hydrogen-bond acceptors (Lipinski definition) is 2. The van der Waals surface area contributed by atoms with Gasteiger partial charge in [0.2, 0.25) is 0 Å². The second-order valence-corrected chi connectivity index (χ2v) is 4.66. The molecular formula is C11H15ClF2N2O. The maximum atomic E-state index is 11.9. The molecule has 2 rings (SSSR count). The van der Waals surface area contributed by atoms with E-state index in [-0.39, 0.29) is 6.61 Å². The molecular weight excluding hydrogens is 250 g/mol. The normalized spacial score (nSPS) is 17.2. The van der Waals surface area contributed by atoms with Gasteiger partial charge in [-0.3, -0.25) is 4.68 Å². The molecule has 6 heteroatoms. The zero-order valence-corrected chi connectivity index (χ0v) is 10.2. The molecule has 0 N–H and O–H groups in total. The van der Waals surface area contributed by atoms with Crippen molar-refractivity contribution in [3.63, 3.8) is 0 Å². The van der Waals surface area contributed by atoms with Gasteiger partial charge < -0.3 is 4.74 Å². The second kappa shape index (κ2) is 5.78. The monoisotopic (exact) mass is 264 g/mol. The first-order valence-electron chi connectivity index (χ1n) is 5.76. The van der Waals surface area contributed by atoms with Crippen LogP contribution in [0.1, 0.15) is 37.4 Å². The van der Waals surface area contributed by atoms with Crippen LogP contribution in [0.15, 0.2) is 6.20 Å². The van der Waals surface area contributed by atoms with E-state index >= 15 is 0 Å². The highest BCUT2D eigenvalue weighted by molar-refractivity contribution is 6.31. The number of ether oxygens (including phenoxy) is 1. The van der Waals surface area contributed by atoms with Gasteiger partial charge >= 0.3 is 0 Å². The number of rotatable bonds is 5. The van der Waals surface area contributed by atoms with Crippen molar-refractivity contribution in [2.75, 3.05) is 6.61 Å². The van der Waals surface area contributed by atoms with Gasteiger partial charge in [0.15, 0.2) is 0 Å². The fourth-order valence-electron chi connectivity index (χ4n) is 2.11. The molecule has 1 aliphatic carbocycles. The van der Waals surface area contributed by atoms with E-state index in [2.05, 4.69) is 5.10 Å². The molecule has 1 aromatic rings. The molecule has 0 bridgehead atoms. The largest absolute Gasteiger partial charge is 0.369 e. The Balaban J connectivity index is 1.93. The Morgan fingerprint density at radius 2 is 2.18 bits per heavy atom. The van der Waals surface area contributed by atoms with Crippen molar-refractivity contribution in [3.8, 4) is 0 Å². The zero-order chi connectivity index (χ0) is 12.3. The van der Waals surface area contributed by atoms with E-state index in [1.807, 2.05) is 4.68 Å². The fourth-order valence-corrected chi connectivity index (χ4v) is 2.30. The predicted molar refractivity (Wildman–Crippen MR) is 60.4 cm³/mol. The summed E-state index contributed by atoms with van der Waals surface area (Å²) >= 11 is 5.99. The summed E-state index contributed by atoms with van der Waals surface area (Å²) < 4.78 is 30.5. The topological polar surface area (TPSA) is 27.1 Å². The first-order valence-corrected chi connectivity index (χ1v) is 6.14. The third-order valence-electron chi connectivity index (χ3n) is 2.94. The molecule has 1 saturated carbocycles. The van der Waals surface area contributed by atoms with E-state index in [9.17, 15) is 8.78 Å². The summed E-state index contributed by atoms with van der Waals surface area (Å²) in [5.74, 6) is 0. The van der Waals surface area contributed by atoms with Gasteiger partial charge in [-0.1, -0.05) is 24.4 Å². The molecule has 0 atom stereocenters. The maximum Gasteiger partial charge on any atom is 0.261 e. The quantitative estimate of drug-likeness (QED) is 0.815. The lowest BCUT2D eigenvalue weighted by molar-refractivity contribution is 0.00865. The Morgan fingerprint density at radius 3 is 2.82 bits per heavy atom. The van der Waals surface area contributed by atoms with Gasteiger partial charge in [0.25, 0.3) is 6.43 Å². The van der Waals surface area contributed by atoms with Crippen molar-refractivity contribution in [2.45, 2.75) is 44.8 Å². The molecule has 1 fully saturated rings. The molecule has 0 aliphatic heterocycles. The lowest BCUT2D eigenvalue weighted by Crippen LogP contribution is -2.07. The summed E-state index contributed by atoms with van der Waals surface area (Å²) in [6.45, 7) is -0.532. The smallest absolute Gasteiger partial charge is 0.261 e. The Morgan fingerprint density at radius 1 is 1.47 bits per heavy atom. The molecule has 17 heavy (non-hydrogen) atoms. The Kier molecular flexibility index (Phi) is 4.34. The molecule has 0 amide bonds. The van der Waals surface area contributed by atoms with Crippen molar-refractivity contribution < 1.29 is 13.5 Å². The average Bonchev–Trinajstić information content (AvgIpc) is 2.87. The van der Waals surface area contributed by atoms with Crippen LogP contribution in [0.3, 0.4) is 0 Å². The summed E-state index contributed by atoms with van der Waals surface area (Å²) in [5, 5.41) is 4.80. The van der Waals surface area contributed by atoms with E-state index in [0.717, 1.165) is 12.8 Å². The molecule has 0 aromatic carbocycles. The second-order valence-electron chi connectivity index (χ2n) is 4.25. The summed E-state index contributed by atoms with van der Waals surface area (Å²) in [4.78, 5) is 0. The molecule has 1 heterocycles. The van der Waals surface area contributed by atoms with Gasteiger partial charge in [-0.2, -0.15) is 5.10 Å². The molecule has 0 radical (unpaired) electrons. The first kappa shape index (κ1) is 12.8. The van der Waals surface area contributed by atoms with Crippen LogP contribution in [0.5, 0.6) is 0 Å². The summed E-state index contributed by atoms with van der Waals surface area (Å²) in [6.07, 6.45) is 3.94. The third-order valence-corrected chi connectivity index (χ3v) is 3.25. The predicted octanol–water partition coefficient (Wildman–Crippen LogP) is 3.43. The van der Waals surface area contributed by atoms with Crippen molar-refractivity contribution >= 4 is 11.6 Å². The van der Waals surface area contributed by atoms with Crippen LogP contribution < -0.4 is 0 Å². The van der Waals surface area contributed by atoms with E-state index in [0.29, 0.717) is 16.8 Å². The van der Waals surface area contributed by atoms with E-state index in [1.165, 1.54) is 12.8 Å². The van der Waals surface area contributed by atoms with Crippen molar-refractivity contribution in [2.24, 2.45) is 0 Å². The first-order chi connectivity index (χ1) is 8.16. The Bertz CT molecular complexity index is 364. The lowest BCUT2D eigenvalue weighted by atomic mass is 10.3. The van der Waals surface area contributed by atoms with Gasteiger partial charge in [-0.05, 0) is 12.8 Å². The number of nitrogens with zero attached hydrogens (tertiary/aromatic N) is 2. The van der Waals surface area contributed by atoms with Crippen molar-refractivity contribution in [1.82, 2.24) is 9.78 Å².